The molecule has 2 aliphatic carbocycles. The molecule has 5 atom stereocenters. The molecule has 0 heterocycles. The van der Waals surface area contributed by atoms with E-state index in [4.69, 9.17) is 0 Å². The molecule has 0 unspecified atom stereocenters. The van der Waals surface area contributed by atoms with Gasteiger partial charge in [-0.25, -0.2) is 0 Å². The first-order valence-electron chi connectivity index (χ1n) is 8.69. The summed E-state index contributed by atoms with van der Waals surface area (Å²) in [5.41, 5.74) is 1.58. The predicted octanol–water partition coefficient (Wildman–Crippen LogP) is 5.50. The topological polar surface area (TPSA) is 20.2 Å². The van der Waals surface area contributed by atoms with Gasteiger partial charge in [0.25, 0.3) is 0 Å². The number of hydrogen-bond acceptors (Lipinski definition) is 1. The molecule has 0 spiro atoms. The van der Waals surface area contributed by atoms with Crippen LogP contribution in [0.4, 0.5) is 0 Å². The summed E-state index contributed by atoms with van der Waals surface area (Å²) in [6.45, 7) is 15.4. The second-order valence-corrected chi connectivity index (χ2v) is 8.44. The number of fused-ring (bicyclic) bond motifs is 1. The van der Waals surface area contributed by atoms with Crippen LogP contribution in [0.25, 0.3) is 0 Å². The summed E-state index contributed by atoms with van der Waals surface area (Å²) in [6.07, 6.45) is 11.3. The van der Waals surface area contributed by atoms with Gasteiger partial charge in [0.1, 0.15) is 0 Å². The Balaban J connectivity index is 2.27. The summed E-state index contributed by atoms with van der Waals surface area (Å²) in [5, 5.41) is 10.3. The van der Waals surface area contributed by atoms with Gasteiger partial charge < -0.3 is 5.11 Å². The van der Waals surface area contributed by atoms with Crippen LogP contribution in [0.3, 0.4) is 0 Å². The van der Waals surface area contributed by atoms with Crippen molar-refractivity contribution in [1.82, 2.24) is 0 Å². The van der Waals surface area contributed by atoms with E-state index in [1.54, 1.807) is 11.6 Å². The summed E-state index contributed by atoms with van der Waals surface area (Å²) in [7, 11) is 0. The maximum absolute atomic E-state index is 10.3. The number of hydrogen-bond donors (Lipinski definition) is 1. The van der Waals surface area contributed by atoms with Crippen LogP contribution in [0.15, 0.2) is 24.3 Å². The Morgan fingerprint density at radius 2 is 2.10 bits per heavy atom. The van der Waals surface area contributed by atoms with Gasteiger partial charge in [0.2, 0.25) is 0 Å². The lowest BCUT2D eigenvalue weighted by molar-refractivity contribution is -0.0582. The molecule has 0 bridgehead atoms. The summed E-state index contributed by atoms with van der Waals surface area (Å²) >= 11 is 0. The zero-order valence-corrected chi connectivity index (χ0v) is 14.7. The van der Waals surface area contributed by atoms with Gasteiger partial charge in [-0.2, -0.15) is 0 Å². The van der Waals surface area contributed by atoms with E-state index < -0.39 is 5.60 Å². The minimum absolute atomic E-state index is 0.329. The molecular formula is C20H34O. The van der Waals surface area contributed by atoms with Gasteiger partial charge in [0.05, 0.1) is 5.60 Å². The summed E-state index contributed by atoms with van der Waals surface area (Å²) in [5.74, 6) is 1.49. The Hall–Kier alpha value is -0.560. The smallest absolute Gasteiger partial charge is 0.0797 e. The standard InChI is InChI=1S/C20H34O/c1-7-18(4,21)13-14-20(6)16(3)11-12-19(5)15(2)9-8-10-17(19)20/h7,9,16-17,21H,1,8,10-14H2,2-6H3/t16-,17+,18+,19+,20+/m0/s1. The minimum atomic E-state index is -0.726. The van der Waals surface area contributed by atoms with Crippen molar-refractivity contribution < 1.29 is 5.11 Å². The SMILES string of the molecule is C=C[C@@](C)(O)CC[C@]1(C)[C@@H](C)CC[C@]2(C)C(C)=CCC[C@@H]12. The molecule has 0 aromatic heterocycles. The van der Waals surface area contributed by atoms with E-state index in [1.165, 1.54) is 25.7 Å². The van der Waals surface area contributed by atoms with E-state index in [-0.39, 0.29) is 0 Å². The molecule has 1 heteroatoms. The lowest BCUT2D eigenvalue weighted by Gasteiger charge is -2.58. The average Bonchev–Trinajstić information content (AvgIpc) is 2.44. The lowest BCUT2D eigenvalue weighted by Crippen LogP contribution is -2.50. The Bertz CT molecular complexity index is 433. The summed E-state index contributed by atoms with van der Waals surface area (Å²) < 4.78 is 0. The second-order valence-electron chi connectivity index (χ2n) is 8.44. The van der Waals surface area contributed by atoms with Crippen molar-refractivity contribution in [3.8, 4) is 0 Å². The normalized spacial score (nSPS) is 42.7. The Morgan fingerprint density at radius 1 is 1.43 bits per heavy atom. The molecule has 120 valence electrons. The lowest BCUT2D eigenvalue weighted by atomic mass is 9.47. The molecule has 2 aliphatic rings. The second kappa shape index (κ2) is 5.57. The van der Waals surface area contributed by atoms with Crippen molar-refractivity contribution in [3.63, 3.8) is 0 Å². The quantitative estimate of drug-likeness (QED) is 0.678. The van der Waals surface area contributed by atoms with Crippen molar-refractivity contribution in [3.05, 3.63) is 24.3 Å². The van der Waals surface area contributed by atoms with E-state index in [2.05, 4.69) is 40.3 Å². The first-order chi connectivity index (χ1) is 9.66. The van der Waals surface area contributed by atoms with Gasteiger partial charge in [0, 0.05) is 0 Å². The molecule has 1 N–H and O–H groups in total. The van der Waals surface area contributed by atoms with Gasteiger partial charge in [-0.15, -0.1) is 6.58 Å². The van der Waals surface area contributed by atoms with Crippen LogP contribution < -0.4 is 0 Å². The highest BCUT2D eigenvalue weighted by Crippen LogP contribution is 2.61. The van der Waals surface area contributed by atoms with E-state index in [9.17, 15) is 5.11 Å². The zero-order chi connectivity index (χ0) is 15.9. The van der Waals surface area contributed by atoms with Crippen LogP contribution >= 0.6 is 0 Å². The number of rotatable bonds is 4. The molecule has 0 aliphatic heterocycles. The summed E-state index contributed by atoms with van der Waals surface area (Å²) in [4.78, 5) is 0. The van der Waals surface area contributed by atoms with Crippen LogP contribution in [-0.2, 0) is 0 Å². The molecule has 1 nitrogen and oxygen atoms in total. The third-order valence-electron chi connectivity index (χ3n) is 7.20. The largest absolute Gasteiger partial charge is 0.386 e. The van der Waals surface area contributed by atoms with Crippen molar-refractivity contribution in [2.24, 2.45) is 22.7 Å². The van der Waals surface area contributed by atoms with Crippen LogP contribution in [0.5, 0.6) is 0 Å². The van der Waals surface area contributed by atoms with Gasteiger partial charge in [-0.05, 0) is 75.0 Å². The van der Waals surface area contributed by atoms with Gasteiger partial charge in [-0.1, -0.05) is 38.5 Å². The molecule has 0 aromatic rings. The van der Waals surface area contributed by atoms with Crippen molar-refractivity contribution in [2.75, 3.05) is 0 Å². The first-order valence-corrected chi connectivity index (χ1v) is 8.69. The maximum atomic E-state index is 10.3. The van der Waals surface area contributed by atoms with Crippen LogP contribution in [-0.4, -0.2) is 10.7 Å². The van der Waals surface area contributed by atoms with E-state index in [0.717, 1.165) is 24.7 Å². The van der Waals surface area contributed by atoms with Crippen LogP contribution in [0, 0.1) is 22.7 Å². The monoisotopic (exact) mass is 290 g/mol. The number of allylic oxidation sites excluding steroid dienone is 2. The molecule has 1 fully saturated rings. The highest BCUT2D eigenvalue weighted by Gasteiger charge is 2.53. The molecule has 0 amide bonds. The molecule has 1 saturated carbocycles. The Labute approximate surface area is 131 Å². The maximum Gasteiger partial charge on any atom is 0.0797 e. The molecular weight excluding hydrogens is 256 g/mol. The summed E-state index contributed by atoms with van der Waals surface area (Å²) in [6, 6.07) is 0. The third kappa shape index (κ3) is 2.86. The van der Waals surface area contributed by atoms with Crippen molar-refractivity contribution in [2.45, 2.75) is 78.7 Å². The van der Waals surface area contributed by atoms with Crippen LogP contribution in [0.2, 0.25) is 0 Å². The highest BCUT2D eigenvalue weighted by atomic mass is 16.3. The fourth-order valence-electron chi connectivity index (χ4n) is 4.96. The van der Waals surface area contributed by atoms with E-state index >= 15 is 0 Å². The molecule has 0 radical (unpaired) electrons. The zero-order valence-electron chi connectivity index (χ0n) is 14.7. The molecule has 0 aromatic carbocycles. The fraction of sp³-hybridized carbons (Fsp3) is 0.800. The van der Waals surface area contributed by atoms with Crippen LogP contribution in [0.1, 0.15) is 73.1 Å². The minimum Gasteiger partial charge on any atom is -0.386 e. The molecule has 21 heavy (non-hydrogen) atoms. The third-order valence-corrected chi connectivity index (χ3v) is 7.20. The van der Waals surface area contributed by atoms with Crippen molar-refractivity contribution >= 4 is 0 Å². The highest BCUT2D eigenvalue weighted by molar-refractivity contribution is 5.20. The van der Waals surface area contributed by atoms with Gasteiger partial charge in [0.15, 0.2) is 0 Å². The van der Waals surface area contributed by atoms with Crippen molar-refractivity contribution in [1.29, 1.82) is 0 Å². The van der Waals surface area contributed by atoms with E-state index in [0.29, 0.717) is 10.8 Å². The number of aliphatic hydroxyl groups is 1. The predicted molar refractivity (Wildman–Crippen MR) is 91.1 cm³/mol. The first kappa shape index (κ1) is 16.8. The van der Waals surface area contributed by atoms with E-state index in [1.807, 2.05) is 6.92 Å². The molecule has 0 saturated heterocycles. The fourth-order valence-corrected chi connectivity index (χ4v) is 4.96. The van der Waals surface area contributed by atoms with Gasteiger partial charge >= 0.3 is 0 Å². The Kier molecular flexibility index (Phi) is 4.46. The van der Waals surface area contributed by atoms with Gasteiger partial charge in [-0.3, -0.25) is 0 Å². The Morgan fingerprint density at radius 3 is 2.71 bits per heavy atom. The average molecular weight is 290 g/mol. The molecule has 2 rings (SSSR count).